The Morgan fingerprint density at radius 2 is 2.04 bits per heavy atom. The second-order valence-electron chi connectivity index (χ2n) is 6.53. The molecule has 0 bridgehead atoms. The molecule has 1 aromatic rings. The van der Waals surface area contributed by atoms with Gasteiger partial charge in [0.25, 0.3) is 0 Å². The van der Waals surface area contributed by atoms with Gasteiger partial charge in [-0.05, 0) is 43.2 Å². The third-order valence-corrected chi connectivity index (χ3v) is 4.89. The Morgan fingerprint density at radius 1 is 1.21 bits per heavy atom. The summed E-state index contributed by atoms with van der Waals surface area (Å²) in [6.45, 7) is 5.46. The van der Waals surface area contributed by atoms with Crippen molar-refractivity contribution in [1.29, 1.82) is 0 Å². The maximum atomic E-state index is 10.9. The van der Waals surface area contributed by atoms with Crippen molar-refractivity contribution in [1.82, 2.24) is 0 Å². The summed E-state index contributed by atoms with van der Waals surface area (Å²) >= 11 is 0. The van der Waals surface area contributed by atoms with Crippen LogP contribution in [0.3, 0.4) is 0 Å². The minimum atomic E-state index is -0.338. The van der Waals surface area contributed by atoms with E-state index >= 15 is 0 Å². The highest BCUT2D eigenvalue weighted by atomic mass is 16.6. The number of unbranched alkanes of at least 4 members (excludes halogenated alkanes) is 2. The molecule has 2 aliphatic rings. The molecule has 0 spiro atoms. The number of carbonyl (C=O) groups is 1. The van der Waals surface area contributed by atoms with Crippen molar-refractivity contribution in [3.63, 3.8) is 0 Å². The highest BCUT2D eigenvalue weighted by Gasteiger charge is 2.42. The fourth-order valence-electron chi connectivity index (χ4n) is 3.52. The molecule has 3 rings (SSSR count). The number of hydrogen-bond acceptors (Lipinski definition) is 4. The van der Waals surface area contributed by atoms with Crippen molar-refractivity contribution in [2.24, 2.45) is 0 Å². The number of ether oxygens (including phenoxy) is 3. The number of benzene rings is 1. The molecule has 0 radical (unpaired) electrons. The molecule has 0 aromatic heterocycles. The van der Waals surface area contributed by atoms with Crippen molar-refractivity contribution in [3.8, 4) is 0 Å². The van der Waals surface area contributed by atoms with E-state index in [4.69, 9.17) is 14.2 Å². The minimum absolute atomic E-state index is 0.245. The fraction of sp³-hybridized carbons (Fsp3) is 0.550. The van der Waals surface area contributed by atoms with Gasteiger partial charge in [-0.25, -0.2) is 4.79 Å². The molecule has 130 valence electrons. The van der Waals surface area contributed by atoms with E-state index in [-0.39, 0.29) is 12.1 Å². The number of aryl methyl sites for hydroxylation is 1. The Balaban J connectivity index is 1.39. The van der Waals surface area contributed by atoms with E-state index in [1.54, 1.807) is 0 Å². The summed E-state index contributed by atoms with van der Waals surface area (Å²) in [6.07, 6.45) is 6.89. The first-order valence-corrected chi connectivity index (χ1v) is 8.89. The van der Waals surface area contributed by atoms with Crippen LogP contribution in [0.4, 0.5) is 0 Å². The summed E-state index contributed by atoms with van der Waals surface area (Å²) in [6, 6.07) is 8.88. The molecule has 4 heteroatoms. The van der Waals surface area contributed by atoms with Crippen LogP contribution in [0.2, 0.25) is 0 Å². The van der Waals surface area contributed by atoms with Crippen molar-refractivity contribution < 1.29 is 19.0 Å². The van der Waals surface area contributed by atoms with Gasteiger partial charge in [-0.1, -0.05) is 30.8 Å². The molecule has 24 heavy (non-hydrogen) atoms. The second kappa shape index (κ2) is 8.45. The first-order valence-electron chi connectivity index (χ1n) is 8.89. The Hall–Kier alpha value is -1.65. The second-order valence-corrected chi connectivity index (χ2v) is 6.53. The van der Waals surface area contributed by atoms with Crippen LogP contribution in [0.1, 0.15) is 42.7 Å². The van der Waals surface area contributed by atoms with Gasteiger partial charge in [-0.3, -0.25) is 0 Å². The number of carbonyl (C=O) groups excluding carboxylic acids is 1. The van der Waals surface area contributed by atoms with Gasteiger partial charge in [-0.2, -0.15) is 0 Å². The molecular formula is C20H26O4. The van der Waals surface area contributed by atoms with Crippen molar-refractivity contribution in [2.45, 2.75) is 50.2 Å². The largest absolute Gasteiger partial charge is 0.463 e. The lowest BCUT2D eigenvalue weighted by molar-refractivity contribution is -0.137. The van der Waals surface area contributed by atoms with E-state index < -0.39 is 0 Å². The molecule has 0 N–H and O–H groups in total. The molecule has 0 saturated carbocycles. The van der Waals surface area contributed by atoms with E-state index in [1.165, 1.54) is 17.2 Å². The summed E-state index contributed by atoms with van der Waals surface area (Å²) in [5.74, 6) is 0.0426. The van der Waals surface area contributed by atoms with E-state index in [9.17, 15) is 4.79 Å². The van der Waals surface area contributed by atoms with Crippen LogP contribution in [0.15, 0.2) is 36.9 Å². The predicted molar refractivity (Wildman–Crippen MR) is 92.0 cm³/mol. The van der Waals surface area contributed by atoms with Crippen molar-refractivity contribution >= 4 is 5.97 Å². The number of hydrogen-bond donors (Lipinski definition) is 0. The Labute approximate surface area is 143 Å². The van der Waals surface area contributed by atoms with E-state index in [0.29, 0.717) is 18.6 Å². The first-order chi connectivity index (χ1) is 11.8. The van der Waals surface area contributed by atoms with Gasteiger partial charge in [0.05, 0.1) is 25.4 Å². The molecule has 4 nitrogen and oxygen atoms in total. The van der Waals surface area contributed by atoms with Gasteiger partial charge < -0.3 is 14.2 Å². The average Bonchev–Trinajstić information content (AvgIpc) is 3.22. The van der Waals surface area contributed by atoms with Gasteiger partial charge in [0, 0.05) is 18.6 Å². The van der Waals surface area contributed by atoms with E-state index in [2.05, 4.69) is 30.8 Å². The normalized spacial score (nSPS) is 25.4. The molecule has 2 saturated heterocycles. The third-order valence-electron chi connectivity index (χ3n) is 4.89. The molecule has 3 unspecified atom stereocenters. The van der Waals surface area contributed by atoms with E-state index in [1.807, 2.05) is 0 Å². The number of esters is 1. The zero-order valence-corrected chi connectivity index (χ0v) is 14.1. The number of rotatable bonds is 8. The van der Waals surface area contributed by atoms with Gasteiger partial charge in [0.2, 0.25) is 0 Å². The zero-order chi connectivity index (χ0) is 16.8. The summed E-state index contributed by atoms with van der Waals surface area (Å²) in [5, 5.41) is 0. The van der Waals surface area contributed by atoms with Crippen LogP contribution in [0.5, 0.6) is 0 Å². The molecule has 2 heterocycles. The molecule has 2 aliphatic heterocycles. The van der Waals surface area contributed by atoms with Crippen LogP contribution in [0.25, 0.3) is 0 Å². The maximum Gasteiger partial charge on any atom is 0.330 e. The van der Waals surface area contributed by atoms with Crippen LogP contribution in [-0.4, -0.2) is 38.0 Å². The van der Waals surface area contributed by atoms with Crippen LogP contribution in [0, 0.1) is 0 Å². The van der Waals surface area contributed by atoms with E-state index in [0.717, 1.165) is 45.3 Å². The standard InChI is InChI=1S/C20H26O4/c1-2-19(21)22-12-5-3-4-6-15-7-9-16(10-8-15)17-14-24-18-11-13-23-20(17)18/h2,7-10,17-18,20H,1,3-6,11-14H2. The van der Waals surface area contributed by atoms with Gasteiger partial charge >= 0.3 is 5.97 Å². The van der Waals surface area contributed by atoms with Crippen LogP contribution in [-0.2, 0) is 25.4 Å². The molecular weight excluding hydrogens is 304 g/mol. The lowest BCUT2D eigenvalue weighted by Gasteiger charge is -2.16. The highest BCUT2D eigenvalue weighted by Crippen LogP contribution is 2.37. The van der Waals surface area contributed by atoms with Crippen molar-refractivity contribution in [2.75, 3.05) is 19.8 Å². The highest BCUT2D eigenvalue weighted by molar-refractivity contribution is 5.81. The Bertz CT molecular complexity index is 551. The summed E-state index contributed by atoms with van der Waals surface area (Å²) < 4.78 is 16.6. The molecule has 2 fully saturated rings. The van der Waals surface area contributed by atoms with Crippen molar-refractivity contribution in [3.05, 3.63) is 48.0 Å². The first kappa shape index (κ1) is 17.2. The molecule has 0 aliphatic carbocycles. The lowest BCUT2D eigenvalue weighted by atomic mass is 9.92. The third kappa shape index (κ3) is 4.25. The maximum absolute atomic E-state index is 10.9. The lowest BCUT2D eigenvalue weighted by Crippen LogP contribution is -2.20. The SMILES string of the molecule is C=CC(=O)OCCCCCc1ccc(C2COC3CCOC32)cc1. The average molecular weight is 330 g/mol. The molecule has 1 aromatic carbocycles. The topological polar surface area (TPSA) is 44.8 Å². The smallest absolute Gasteiger partial charge is 0.330 e. The molecule has 0 amide bonds. The monoisotopic (exact) mass is 330 g/mol. The van der Waals surface area contributed by atoms with Gasteiger partial charge in [-0.15, -0.1) is 0 Å². The summed E-state index contributed by atoms with van der Waals surface area (Å²) in [4.78, 5) is 10.9. The number of fused-ring (bicyclic) bond motifs is 1. The van der Waals surface area contributed by atoms with Crippen LogP contribution >= 0.6 is 0 Å². The zero-order valence-electron chi connectivity index (χ0n) is 14.1. The van der Waals surface area contributed by atoms with Crippen LogP contribution < -0.4 is 0 Å². The Morgan fingerprint density at radius 3 is 2.83 bits per heavy atom. The summed E-state index contributed by atoms with van der Waals surface area (Å²) in [7, 11) is 0. The summed E-state index contributed by atoms with van der Waals surface area (Å²) in [5.41, 5.74) is 2.68. The van der Waals surface area contributed by atoms with Gasteiger partial charge in [0.15, 0.2) is 0 Å². The van der Waals surface area contributed by atoms with Gasteiger partial charge in [0.1, 0.15) is 0 Å². The quantitative estimate of drug-likeness (QED) is 0.416. The fourth-order valence-corrected chi connectivity index (χ4v) is 3.52. The molecule has 3 atom stereocenters. The Kier molecular flexibility index (Phi) is 6.05. The minimum Gasteiger partial charge on any atom is -0.463 e. The predicted octanol–water partition coefficient (Wildman–Crippen LogP) is 3.40.